The summed E-state index contributed by atoms with van der Waals surface area (Å²) in [7, 11) is 0. The number of ether oxygens (including phenoxy) is 1. The standard InChI is InChI=1S/C21H22N2O5/c1-11-3-4-12(2)15(7-11)22-16(24)10-28-17(25)9-23-20(26)18-13-5-6-14(8-13)19(18)21(23)27/h3-7,13-14,18-19H,8-10H2,1-2H3,(H,22,24)/t13-,14-,18-,19+/m0/s1. The molecule has 3 amide bonds. The lowest BCUT2D eigenvalue weighted by atomic mass is 9.85. The number of nitrogens with one attached hydrogen (secondary N) is 1. The number of anilines is 1. The average Bonchev–Trinajstić information content (AvgIpc) is 3.33. The van der Waals surface area contributed by atoms with E-state index in [2.05, 4.69) is 5.32 Å². The van der Waals surface area contributed by atoms with Gasteiger partial charge in [0.25, 0.3) is 5.91 Å². The normalized spacial score (nSPS) is 27.3. The molecule has 1 aromatic rings. The summed E-state index contributed by atoms with van der Waals surface area (Å²) in [5, 5.41) is 2.70. The van der Waals surface area contributed by atoms with Crippen LogP contribution in [0.25, 0.3) is 0 Å². The Morgan fingerprint density at radius 1 is 1.11 bits per heavy atom. The van der Waals surface area contributed by atoms with Crippen LogP contribution in [0.5, 0.6) is 0 Å². The molecule has 1 aliphatic heterocycles. The number of aryl methyl sites for hydroxylation is 2. The number of carbonyl (C=O) groups is 4. The molecule has 1 heterocycles. The maximum Gasteiger partial charge on any atom is 0.326 e. The molecule has 3 aliphatic rings. The molecule has 4 atom stereocenters. The van der Waals surface area contributed by atoms with Crippen molar-refractivity contribution in [2.24, 2.45) is 23.7 Å². The van der Waals surface area contributed by atoms with Gasteiger partial charge in [-0.05, 0) is 49.3 Å². The maximum absolute atomic E-state index is 12.6. The molecule has 7 heteroatoms. The first-order valence-corrected chi connectivity index (χ1v) is 9.41. The number of rotatable bonds is 5. The van der Waals surface area contributed by atoms with Crippen LogP contribution in [0.1, 0.15) is 17.5 Å². The first-order valence-electron chi connectivity index (χ1n) is 9.41. The minimum Gasteiger partial charge on any atom is -0.454 e. The molecular weight excluding hydrogens is 360 g/mol. The van der Waals surface area contributed by atoms with Crippen molar-refractivity contribution in [1.82, 2.24) is 4.90 Å². The van der Waals surface area contributed by atoms with Crippen LogP contribution in [0, 0.1) is 37.5 Å². The van der Waals surface area contributed by atoms with Crippen LogP contribution in [-0.2, 0) is 23.9 Å². The van der Waals surface area contributed by atoms with E-state index in [-0.39, 0.29) is 35.5 Å². The predicted octanol–water partition coefficient (Wildman–Crippen LogP) is 1.59. The lowest BCUT2D eigenvalue weighted by Gasteiger charge is -2.16. The number of amides is 3. The second-order valence-electron chi connectivity index (χ2n) is 7.79. The highest BCUT2D eigenvalue weighted by atomic mass is 16.5. The molecule has 2 fully saturated rings. The quantitative estimate of drug-likeness (QED) is 0.474. The molecule has 7 nitrogen and oxygen atoms in total. The van der Waals surface area contributed by atoms with Gasteiger partial charge in [-0.25, -0.2) is 0 Å². The van der Waals surface area contributed by atoms with Crippen LogP contribution in [0.3, 0.4) is 0 Å². The zero-order valence-corrected chi connectivity index (χ0v) is 15.8. The van der Waals surface area contributed by atoms with Gasteiger partial charge >= 0.3 is 5.97 Å². The number of likely N-dealkylation sites (tertiary alicyclic amines) is 1. The number of hydrogen-bond acceptors (Lipinski definition) is 5. The monoisotopic (exact) mass is 382 g/mol. The van der Waals surface area contributed by atoms with Crippen LogP contribution < -0.4 is 5.32 Å². The number of carbonyl (C=O) groups excluding carboxylic acids is 4. The molecule has 2 bridgehead atoms. The molecule has 146 valence electrons. The Labute approximate surface area is 162 Å². The molecule has 0 radical (unpaired) electrons. The van der Waals surface area contributed by atoms with Crippen molar-refractivity contribution in [2.75, 3.05) is 18.5 Å². The highest BCUT2D eigenvalue weighted by Crippen LogP contribution is 2.52. The molecule has 0 spiro atoms. The summed E-state index contributed by atoms with van der Waals surface area (Å²) in [6.07, 6.45) is 4.83. The molecule has 0 unspecified atom stereocenters. The van der Waals surface area contributed by atoms with E-state index in [4.69, 9.17) is 4.74 Å². The number of hydrogen-bond donors (Lipinski definition) is 1. The minimum absolute atomic E-state index is 0.0933. The predicted molar refractivity (Wildman–Crippen MR) is 99.9 cm³/mol. The molecule has 0 aromatic heterocycles. The molecule has 1 N–H and O–H groups in total. The van der Waals surface area contributed by atoms with Gasteiger partial charge < -0.3 is 10.1 Å². The van der Waals surface area contributed by atoms with Gasteiger partial charge in [0.05, 0.1) is 11.8 Å². The van der Waals surface area contributed by atoms with Crippen LogP contribution in [0.2, 0.25) is 0 Å². The van der Waals surface area contributed by atoms with E-state index in [0.29, 0.717) is 5.69 Å². The second-order valence-corrected chi connectivity index (χ2v) is 7.79. The molecule has 1 aromatic carbocycles. The molecule has 1 saturated heterocycles. The average molecular weight is 382 g/mol. The van der Waals surface area contributed by atoms with Crippen molar-refractivity contribution >= 4 is 29.4 Å². The SMILES string of the molecule is Cc1ccc(C)c(NC(=O)COC(=O)CN2C(=O)[C@@H]3[C@H](C2=O)[C@H]2C=C[C@H]3C2)c1. The summed E-state index contributed by atoms with van der Waals surface area (Å²) in [5.74, 6) is -2.34. The lowest BCUT2D eigenvalue weighted by Crippen LogP contribution is -2.38. The van der Waals surface area contributed by atoms with Crippen molar-refractivity contribution in [2.45, 2.75) is 20.3 Å². The largest absolute Gasteiger partial charge is 0.454 e. The van der Waals surface area contributed by atoms with Crippen molar-refractivity contribution in [3.63, 3.8) is 0 Å². The number of allylic oxidation sites excluding steroid dienone is 2. The smallest absolute Gasteiger partial charge is 0.326 e. The Kier molecular flexibility index (Phi) is 4.53. The fraction of sp³-hybridized carbons (Fsp3) is 0.429. The third kappa shape index (κ3) is 3.10. The Bertz CT molecular complexity index is 876. The minimum atomic E-state index is -0.766. The highest BCUT2D eigenvalue weighted by molar-refractivity contribution is 6.08. The molecule has 2 aliphatic carbocycles. The first-order chi connectivity index (χ1) is 13.3. The molecular formula is C21H22N2O5. The third-order valence-electron chi connectivity index (χ3n) is 5.88. The first kappa shape index (κ1) is 18.4. The number of esters is 1. The highest BCUT2D eigenvalue weighted by Gasteiger charge is 2.59. The fourth-order valence-corrected chi connectivity index (χ4v) is 4.50. The van der Waals surface area contributed by atoms with Gasteiger partial charge in [0.15, 0.2) is 6.61 Å². The summed E-state index contributed by atoms with van der Waals surface area (Å²) >= 11 is 0. The van der Waals surface area contributed by atoms with Crippen LogP contribution in [-0.4, -0.2) is 41.7 Å². The summed E-state index contributed by atoms with van der Waals surface area (Å²) in [4.78, 5) is 50.3. The van der Waals surface area contributed by atoms with Crippen molar-refractivity contribution < 1.29 is 23.9 Å². The summed E-state index contributed by atoms with van der Waals surface area (Å²) in [6, 6.07) is 5.66. The van der Waals surface area contributed by atoms with E-state index in [1.165, 1.54) is 0 Å². The van der Waals surface area contributed by atoms with Gasteiger partial charge in [-0.1, -0.05) is 24.3 Å². The molecule has 4 rings (SSSR count). The van der Waals surface area contributed by atoms with E-state index in [1.807, 2.05) is 44.2 Å². The van der Waals surface area contributed by atoms with Gasteiger partial charge in [-0.2, -0.15) is 0 Å². The fourth-order valence-electron chi connectivity index (χ4n) is 4.50. The topological polar surface area (TPSA) is 92.8 Å². The number of fused-ring (bicyclic) bond motifs is 5. The maximum atomic E-state index is 12.6. The third-order valence-corrected chi connectivity index (χ3v) is 5.88. The van der Waals surface area contributed by atoms with Gasteiger partial charge in [-0.15, -0.1) is 0 Å². The second kappa shape index (κ2) is 6.89. The van der Waals surface area contributed by atoms with E-state index < -0.39 is 25.0 Å². The zero-order chi connectivity index (χ0) is 20.0. The van der Waals surface area contributed by atoms with E-state index in [0.717, 1.165) is 22.4 Å². The summed E-state index contributed by atoms with van der Waals surface area (Å²) in [6.45, 7) is 2.86. The van der Waals surface area contributed by atoms with Crippen molar-refractivity contribution in [3.8, 4) is 0 Å². The van der Waals surface area contributed by atoms with Gasteiger partial charge in [0, 0.05) is 5.69 Å². The van der Waals surface area contributed by atoms with Crippen LogP contribution >= 0.6 is 0 Å². The zero-order valence-electron chi connectivity index (χ0n) is 15.8. The lowest BCUT2D eigenvalue weighted by molar-refractivity contribution is -0.154. The van der Waals surface area contributed by atoms with Gasteiger partial charge in [-0.3, -0.25) is 24.1 Å². The van der Waals surface area contributed by atoms with Crippen molar-refractivity contribution in [1.29, 1.82) is 0 Å². The van der Waals surface area contributed by atoms with E-state index in [9.17, 15) is 19.2 Å². The van der Waals surface area contributed by atoms with Crippen LogP contribution in [0.4, 0.5) is 5.69 Å². The number of benzene rings is 1. The Balaban J connectivity index is 1.30. The van der Waals surface area contributed by atoms with Crippen molar-refractivity contribution in [3.05, 3.63) is 41.5 Å². The molecule has 1 saturated carbocycles. The summed E-state index contributed by atoms with van der Waals surface area (Å²) < 4.78 is 4.98. The number of nitrogens with zero attached hydrogens (tertiary/aromatic N) is 1. The van der Waals surface area contributed by atoms with Gasteiger partial charge in [0.2, 0.25) is 11.8 Å². The van der Waals surface area contributed by atoms with Crippen LogP contribution in [0.15, 0.2) is 30.4 Å². The van der Waals surface area contributed by atoms with E-state index in [1.54, 1.807) is 0 Å². The summed E-state index contributed by atoms with van der Waals surface area (Å²) in [5.41, 5.74) is 2.55. The Hall–Kier alpha value is -2.96. The Morgan fingerprint density at radius 2 is 1.75 bits per heavy atom. The van der Waals surface area contributed by atoms with E-state index >= 15 is 0 Å². The van der Waals surface area contributed by atoms with Gasteiger partial charge in [0.1, 0.15) is 6.54 Å². The number of imide groups is 1. The Morgan fingerprint density at radius 3 is 2.39 bits per heavy atom. The molecule has 28 heavy (non-hydrogen) atoms.